The monoisotopic (exact) mass is 505 g/mol. The number of nitrogens with two attached hydrogens (primary N) is 1. The maximum absolute atomic E-state index is 15.1. The number of primary amides is 1. The van der Waals surface area contributed by atoms with Crippen molar-refractivity contribution in [3.8, 4) is 28.4 Å². The van der Waals surface area contributed by atoms with Crippen LogP contribution in [0.15, 0.2) is 42.5 Å². The van der Waals surface area contributed by atoms with Crippen molar-refractivity contribution in [2.75, 3.05) is 13.2 Å². The molecule has 3 aromatic rings. The minimum Gasteiger partial charge on any atom is -0.492 e. The average molecular weight is 506 g/mol. The predicted molar refractivity (Wildman–Crippen MR) is 135 cm³/mol. The fourth-order valence-corrected chi connectivity index (χ4v) is 5.49. The van der Waals surface area contributed by atoms with Crippen LogP contribution in [0.1, 0.15) is 52.7 Å². The first kappa shape index (κ1) is 24.6. The van der Waals surface area contributed by atoms with E-state index >= 15 is 4.39 Å². The third-order valence-corrected chi connectivity index (χ3v) is 7.00. The van der Waals surface area contributed by atoms with Gasteiger partial charge in [-0.2, -0.15) is 0 Å². The van der Waals surface area contributed by atoms with Crippen molar-refractivity contribution in [3.63, 3.8) is 0 Å². The van der Waals surface area contributed by atoms with Crippen molar-refractivity contribution in [1.29, 1.82) is 0 Å². The zero-order valence-corrected chi connectivity index (χ0v) is 20.7. The molecule has 3 aromatic carbocycles. The van der Waals surface area contributed by atoms with E-state index < -0.39 is 18.0 Å². The van der Waals surface area contributed by atoms with Gasteiger partial charge in [-0.15, -0.1) is 0 Å². The normalized spacial score (nSPS) is 17.6. The molecular weight excluding hydrogens is 477 g/mol. The van der Waals surface area contributed by atoms with E-state index in [1.807, 2.05) is 38.1 Å². The molecule has 1 aliphatic heterocycles. The van der Waals surface area contributed by atoms with E-state index in [0.717, 1.165) is 33.4 Å². The number of aryl methyl sites for hydroxylation is 2. The largest absolute Gasteiger partial charge is 0.492 e. The molecule has 0 aromatic heterocycles. The summed E-state index contributed by atoms with van der Waals surface area (Å²) in [5.41, 5.74) is 11.4. The molecule has 37 heavy (non-hydrogen) atoms. The van der Waals surface area contributed by atoms with E-state index in [0.29, 0.717) is 42.3 Å². The number of ether oxygens (including phenoxy) is 3. The van der Waals surface area contributed by atoms with Crippen LogP contribution in [0.5, 0.6) is 17.2 Å². The lowest BCUT2D eigenvalue weighted by atomic mass is 9.90. The quantitative estimate of drug-likeness (QED) is 0.447. The molecule has 2 atom stereocenters. The molecular formula is C29H28FNO6. The Bertz CT molecular complexity index is 1380. The number of carbonyl (C=O) groups excluding carboxylic acids is 1. The summed E-state index contributed by atoms with van der Waals surface area (Å²) in [4.78, 5) is 22.2. The van der Waals surface area contributed by atoms with Crippen molar-refractivity contribution in [1.82, 2.24) is 0 Å². The number of carboxylic acid groups (broad SMARTS) is 1. The van der Waals surface area contributed by atoms with Gasteiger partial charge in [-0.25, -0.2) is 4.39 Å². The molecule has 192 valence electrons. The Balaban J connectivity index is 1.42. The van der Waals surface area contributed by atoms with Gasteiger partial charge in [0.25, 0.3) is 5.91 Å². The topological polar surface area (TPSA) is 108 Å². The highest BCUT2D eigenvalue weighted by Gasteiger charge is 2.32. The van der Waals surface area contributed by atoms with Crippen molar-refractivity contribution in [2.45, 2.75) is 45.1 Å². The van der Waals surface area contributed by atoms with E-state index in [1.165, 1.54) is 6.07 Å². The number of rotatable bonds is 8. The molecule has 2 aliphatic rings. The minimum absolute atomic E-state index is 0.00821. The van der Waals surface area contributed by atoms with Crippen LogP contribution in [0.25, 0.3) is 11.1 Å². The van der Waals surface area contributed by atoms with Crippen molar-refractivity contribution in [2.24, 2.45) is 5.73 Å². The van der Waals surface area contributed by atoms with Crippen LogP contribution < -0.4 is 19.9 Å². The van der Waals surface area contributed by atoms with Gasteiger partial charge in [0.15, 0.2) is 6.61 Å². The van der Waals surface area contributed by atoms with E-state index in [-0.39, 0.29) is 24.8 Å². The van der Waals surface area contributed by atoms with Gasteiger partial charge >= 0.3 is 5.97 Å². The van der Waals surface area contributed by atoms with Gasteiger partial charge in [-0.1, -0.05) is 12.1 Å². The summed E-state index contributed by atoms with van der Waals surface area (Å²) in [6.07, 6.45) is 0.839. The molecule has 5 rings (SSSR count). The first-order valence-corrected chi connectivity index (χ1v) is 12.2. The fraction of sp³-hybridized carbons (Fsp3) is 0.310. The molecule has 1 aliphatic carbocycles. The Kier molecular flexibility index (Phi) is 6.50. The maximum atomic E-state index is 15.1. The standard InChI is InChI=1S/C29H28FNO6/c1-15-9-19(35-14-26(31)32)10-16(2)28(15)21-5-7-23(30)29-22(21)6-8-24(29)37-18-3-4-20-17(11-27(33)34)13-36-25(20)12-18/h3-5,7,9-10,12,17,24H,6,8,11,13-14H2,1-2H3,(H2,31,32)(H,33,34)/t17?,24-/m1/s1. The molecule has 0 fully saturated rings. The number of aliphatic carboxylic acids is 1. The van der Waals surface area contributed by atoms with E-state index in [1.54, 1.807) is 12.1 Å². The number of fused-ring (bicyclic) bond motifs is 2. The third kappa shape index (κ3) is 4.83. The lowest BCUT2D eigenvalue weighted by Crippen LogP contribution is -2.20. The van der Waals surface area contributed by atoms with Crippen molar-refractivity contribution in [3.05, 3.63) is 76.1 Å². The van der Waals surface area contributed by atoms with Gasteiger partial charge in [-0.3, -0.25) is 9.59 Å². The minimum atomic E-state index is -0.867. The summed E-state index contributed by atoms with van der Waals surface area (Å²) in [7, 11) is 0. The SMILES string of the molecule is Cc1cc(OCC(N)=O)cc(C)c1-c1ccc(F)c2c1CC[C@H]2Oc1ccc2c(c1)OCC2CC(=O)O. The third-order valence-electron chi connectivity index (χ3n) is 7.00. The highest BCUT2D eigenvalue weighted by atomic mass is 19.1. The Hall–Kier alpha value is -4.07. The van der Waals surface area contributed by atoms with Gasteiger partial charge in [0, 0.05) is 23.1 Å². The van der Waals surface area contributed by atoms with E-state index in [9.17, 15) is 9.59 Å². The van der Waals surface area contributed by atoms with Crippen LogP contribution >= 0.6 is 0 Å². The smallest absolute Gasteiger partial charge is 0.304 e. The Morgan fingerprint density at radius 3 is 2.57 bits per heavy atom. The number of halogens is 1. The van der Waals surface area contributed by atoms with Gasteiger partial charge < -0.3 is 25.1 Å². The van der Waals surface area contributed by atoms with Gasteiger partial charge in [0.2, 0.25) is 0 Å². The molecule has 1 amide bonds. The number of hydrogen-bond acceptors (Lipinski definition) is 5. The Morgan fingerprint density at radius 2 is 1.86 bits per heavy atom. The molecule has 1 unspecified atom stereocenters. The lowest BCUT2D eigenvalue weighted by Gasteiger charge is -2.19. The zero-order valence-electron chi connectivity index (χ0n) is 20.7. The highest BCUT2D eigenvalue weighted by molar-refractivity contribution is 5.77. The number of carboxylic acids is 1. The van der Waals surface area contributed by atoms with Gasteiger partial charge in [0.05, 0.1) is 13.0 Å². The highest BCUT2D eigenvalue weighted by Crippen LogP contribution is 2.45. The zero-order chi connectivity index (χ0) is 26.3. The number of benzene rings is 3. The fourth-order valence-electron chi connectivity index (χ4n) is 5.49. The van der Waals surface area contributed by atoms with E-state index in [4.69, 9.17) is 25.1 Å². The first-order chi connectivity index (χ1) is 17.7. The molecule has 1 heterocycles. The average Bonchev–Trinajstić information content (AvgIpc) is 3.43. The second-order valence-electron chi connectivity index (χ2n) is 9.62. The lowest BCUT2D eigenvalue weighted by molar-refractivity contribution is -0.137. The summed E-state index contributed by atoms with van der Waals surface area (Å²) < 4.78 is 32.6. The molecule has 0 spiro atoms. The summed E-state index contributed by atoms with van der Waals surface area (Å²) in [6, 6.07) is 12.4. The molecule has 0 saturated carbocycles. The number of hydrogen-bond donors (Lipinski definition) is 2. The Morgan fingerprint density at radius 1 is 1.11 bits per heavy atom. The predicted octanol–water partition coefficient (Wildman–Crippen LogP) is 4.99. The van der Waals surface area contributed by atoms with Crippen LogP contribution in [-0.4, -0.2) is 30.2 Å². The number of carbonyl (C=O) groups is 2. The van der Waals surface area contributed by atoms with E-state index in [2.05, 4.69) is 0 Å². The summed E-state index contributed by atoms with van der Waals surface area (Å²) in [6.45, 7) is 4.04. The summed E-state index contributed by atoms with van der Waals surface area (Å²) >= 11 is 0. The van der Waals surface area contributed by atoms with Crippen molar-refractivity contribution < 1.29 is 33.3 Å². The maximum Gasteiger partial charge on any atom is 0.304 e. The van der Waals surface area contributed by atoms with Gasteiger partial charge in [0.1, 0.15) is 29.2 Å². The van der Waals surface area contributed by atoms with Gasteiger partial charge in [-0.05, 0) is 78.8 Å². The Labute approximate surface area is 214 Å². The summed E-state index contributed by atoms with van der Waals surface area (Å²) in [5, 5.41) is 9.12. The van der Waals surface area contributed by atoms with Crippen LogP contribution in [0.2, 0.25) is 0 Å². The molecule has 3 N–H and O–H groups in total. The number of amides is 1. The molecule has 0 bridgehead atoms. The molecule has 8 heteroatoms. The van der Waals surface area contributed by atoms with Crippen LogP contribution in [0.4, 0.5) is 4.39 Å². The molecule has 7 nitrogen and oxygen atoms in total. The second kappa shape index (κ2) is 9.76. The van der Waals surface area contributed by atoms with Crippen LogP contribution in [-0.2, 0) is 16.0 Å². The first-order valence-electron chi connectivity index (χ1n) is 12.2. The molecule has 0 saturated heterocycles. The van der Waals surface area contributed by atoms with Crippen LogP contribution in [0, 0.1) is 19.7 Å². The second-order valence-corrected chi connectivity index (χ2v) is 9.62. The summed E-state index contributed by atoms with van der Waals surface area (Å²) in [5.74, 6) is -0.181. The van der Waals surface area contributed by atoms with Crippen molar-refractivity contribution >= 4 is 11.9 Å². The molecule has 0 radical (unpaired) electrons. The van der Waals surface area contributed by atoms with Crippen LogP contribution in [0.3, 0.4) is 0 Å².